The molecule has 12 heteroatoms. The average Bonchev–Trinajstić information content (AvgIpc) is 2.84. The summed E-state index contributed by atoms with van der Waals surface area (Å²) in [5, 5.41) is 34.4. The number of anilines is 1. The van der Waals surface area contributed by atoms with Crippen molar-refractivity contribution in [1.29, 1.82) is 0 Å². The molecule has 2 rings (SSSR count). The van der Waals surface area contributed by atoms with Crippen LogP contribution >= 0.6 is 12.2 Å². The normalized spacial score (nSPS) is 17.9. The third kappa shape index (κ3) is 10.7. The third-order valence-corrected chi connectivity index (χ3v) is 5.76. The van der Waals surface area contributed by atoms with Crippen molar-refractivity contribution < 1.29 is 29.7 Å². The van der Waals surface area contributed by atoms with Crippen LogP contribution < -0.4 is 10.6 Å². The minimum Gasteiger partial charge on any atom is -0.480 e. The molecule has 0 saturated carbocycles. The van der Waals surface area contributed by atoms with Crippen LogP contribution in [0.25, 0.3) is 0 Å². The van der Waals surface area contributed by atoms with Crippen molar-refractivity contribution in [1.82, 2.24) is 20.0 Å². The molecule has 1 aromatic rings. The van der Waals surface area contributed by atoms with Crippen LogP contribution in [0.2, 0.25) is 0 Å². The molecule has 190 valence electrons. The molecule has 0 radical (unpaired) electrons. The van der Waals surface area contributed by atoms with Crippen LogP contribution in [0, 0.1) is 12.3 Å². The molecular weight excluding hydrogens is 474 g/mol. The monoisotopic (exact) mass is 505 g/mol. The van der Waals surface area contributed by atoms with Gasteiger partial charge in [-0.15, -0.1) is 6.42 Å². The predicted octanol–water partition coefficient (Wildman–Crippen LogP) is -0.309. The Morgan fingerprint density at radius 3 is 2.11 bits per heavy atom. The van der Waals surface area contributed by atoms with Gasteiger partial charge in [0, 0.05) is 44.5 Å². The largest absolute Gasteiger partial charge is 0.480 e. The van der Waals surface area contributed by atoms with E-state index in [9.17, 15) is 29.7 Å². The highest BCUT2D eigenvalue weighted by Gasteiger charge is 2.27. The zero-order chi connectivity index (χ0) is 25.8. The summed E-state index contributed by atoms with van der Waals surface area (Å²) in [6.07, 6.45) is 5.70. The molecule has 1 unspecified atom stereocenters. The van der Waals surface area contributed by atoms with Gasteiger partial charge in [0.2, 0.25) is 0 Å². The minimum atomic E-state index is -1.00. The molecular formula is C23H31N5O6S. The van der Waals surface area contributed by atoms with E-state index in [0.29, 0.717) is 50.8 Å². The molecule has 5 N–H and O–H groups in total. The van der Waals surface area contributed by atoms with Crippen LogP contribution in [-0.2, 0) is 20.8 Å². The topological polar surface area (TPSA) is 146 Å². The lowest BCUT2D eigenvalue weighted by Gasteiger charge is -2.33. The molecule has 0 amide bonds. The number of terminal acetylenes is 1. The highest BCUT2D eigenvalue weighted by molar-refractivity contribution is 7.80. The van der Waals surface area contributed by atoms with Gasteiger partial charge in [-0.25, -0.2) is 0 Å². The Morgan fingerprint density at radius 2 is 1.51 bits per heavy atom. The summed E-state index contributed by atoms with van der Waals surface area (Å²) >= 11 is 5.17. The van der Waals surface area contributed by atoms with E-state index in [1.54, 1.807) is 14.7 Å². The summed E-state index contributed by atoms with van der Waals surface area (Å²) < 4.78 is 0. The molecule has 1 saturated heterocycles. The van der Waals surface area contributed by atoms with Gasteiger partial charge in [0.25, 0.3) is 0 Å². The fourth-order valence-corrected chi connectivity index (χ4v) is 4.10. The number of aliphatic carboxylic acids is 3. The van der Waals surface area contributed by atoms with Gasteiger partial charge in [-0.2, -0.15) is 0 Å². The fourth-order valence-electron chi connectivity index (χ4n) is 3.91. The molecule has 1 aliphatic heterocycles. The second kappa shape index (κ2) is 14.2. The SMILES string of the molecule is C#CCNC(=S)Nc1ccc(CC2CN(CC(=O)O)CCN(CC(=O)O)CCN2CC(=O)O)cc1. The van der Waals surface area contributed by atoms with Crippen molar-refractivity contribution in [2.24, 2.45) is 0 Å². The Bertz CT molecular complexity index is 935. The molecule has 1 heterocycles. The standard InChI is InChI=1S/C23H31N5O6S/c1-2-7-24-23(35)25-18-5-3-17(4-6-18)12-19-13-27(15-21(31)32)9-8-26(14-20(29)30)10-11-28(19)16-22(33)34/h1,3-6,19H,7-16H2,(H,29,30)(H,31,32)(H,33,34)(H2,24,25,35). The maximum atomic E-state index is 11.6. The summed E-state index contributed by atoms with van der Waals surface area (Å²) in [6.45, 7) is 1.44. The molecule has 0 aliphatic carbocycles. The van der Waals surface area contributed by atoms with E-state index < -0.39 is 17.9 Å². The number of benzene rings is 1. The highest BCUT2D eigenvalue weighted by Crippen LogP contribution is 2.16. The molecule has 1 aromatic carbocycles. The van der Waals surface area contributed by atoms with E-state index in [1.807, 2.05) is 24.3 Å². The lowest BCUT2D eigenvalue weighted by atomic mass is 10.0. The van der Waals surface area contributed by atoms with Gasteiger partial charge in [0.1, 0.15) is 0 Å². The molecule has 35 heavy (non-hydrogen) atoms. The number of rotatable bonds is 10. The average molecular weight is 506 g/mol. The van der Waals surface area contributed by atoms with Crippen LogP contribution in [0.1, 0.15) is 5.56 Å². The smallest absolute Gasteiger partial charge is 0.317 e. The maximum absolute atomic E-state index is 11.6. The van der Waals surface area contributed by atoms with Gasteiger partial charge in [-0.05, 0) is 36.3 Å². The number of thiocarbonyl (C=S) groups is 1. The van der Waals surface area contributed by atoms with Crippen LogP contribution in [0.3, 0.4) is 0 Å². The number of carboxylic acids is 3. The van der Waals surface area contributed by atoms with E-state index in [2.05, 4.69) is 16.6 Å². The van der Waals surface area contributed by atoms with E-state index >= 15 is 0 Å². The van der Waals surface area contributed by atoms with Gasteiger partial charge in [-0.1, -0.05) is 18.1 Å². The number of nitrogens with zero attached hydrogens (tertiary/aromatic N) is 3. The van der Waals surface area contributed by atoms with Crippen molar-refractivity contribution >= 4 is 40.9 Å². The molecule has 11 nitrogen and oxygen atoms in total. The molecule has 1 aliphatic rings. The van der Waals surface area contributed by atoms with E-state index in [1.165, 1.54) is 0 Å². The lowest BCUT2D eigenvalue weighted by molar-refractivity contribution is -0.140. The van der Waals surface area contributed by atoms with Gasteiger partial charge in [-0.3, -0.25) is 29.1 Å². The Balaban J connectivity index is 2.20. The Kier molecular flexibility index (Phi) is 11.4. The fraction of sp³-hybridized carbons (Fsp3) is 0.478. The van der Waals surface area contributed by atoms with Crippen molar-refractivity contribution in [3.8, 4) is 12.3 Å². The van der Waals surface area contributed by atoms with E-state index in [4.69, 9.17) is 18.6 Å². The minimum absolute atomic E-state index is 0.195. The summed E-state index contributed by atoms with van der Waals surface area (Å²) in [5.41, 5.74) is 1.70. The number of carbonyl (C=O) groups is 3. The first kappa shape index (κ1) is 28.0. The van der Waals surface area contributed by atoms with Crippen molar-refractivity contribution in [3.05, 3.63) is 29.8 Å². The number of hydrogen-bond acceptors (Lipinski definition) is 7. The first-order valence-electron chi connectivity index (χ1n) is 11.1. The molecule has 1 fully saturated rings. The van der Waals surface area contributed by atoms with Gasteiger partial charge < -0.3 is 26.0 Å². The highest BCUT2D eigenvalue weighted by atomic mass is 32.1. The zero-order valence-electron chi connectivity index (χ0n) is 19.4. The summed E-state index contributed by atoms with van der Waals surface area (Å²) in [7, 11) is 0. The summed E-state index contributed by atoms with van der Waals surface area (Å²) in [6, 6.07) is 7.21. The lowest BCUT2D eigenvalue weighted by Crippen LogP contribution is -2.49. The molecule has 0 spiro atoms. The molecule has 0 aromatic heterocycles. The maximum Gasteiger partial charge on any atom is 0.317 e. The quantitative estimate of drug-likeness (QED) is 0.210. The summed E-state index contributed by atoms with van der Waals surface area (Å²) in [5.74, 6) is -0.549. The van der Waals surface area contributed by atoms with E-state index in [0.717, 1.165) is 11.3 Å². The van der Waals surface area contributed by atoms with Gasteiger partial charge in [0.05, 0.1) is 26.2 Å². The second-order valence-corrected chi connectivity index (χ2v) is 8.64. The molecule has 1 atom stereocenters. The predicted molar refractivity (Wildman–Crippen MR) is 134 cm³/mol. The first-order chi connectivity index (χ1) is 16.7. The van der Waals surface area contributed by atoms with Crippen molar-refractivity contribution in [2.75, 3.05) is 64.2 Å². The van der Waals surface area contributed by atoms with Gasteiger partial charge >= 0.3 is 17.9 Å². The first-order valence-corrected chi connectivity index (χ1v) is 11.5. The number of carboxylic acid groups (broad SMARTS) is 3. The number of nitrogens with one attached hydrogen (secondary N) is 2. The number of hydrogen-bond donors (Lipinski definition) is 5. The summed E-state index contributed by atoms with van der Waals surface area (Å²) in [4.78, 5) is 39.5. The second-order valence-electron chi connectivity index (χ2n) is 8.23. The Hall–Kier alpha value is -3.24. The van der Waals surface area contributed by atoms with Crippen molar-refractivity contribution in [3.63, 3.8) is 0 Å². The van der Waals surface area contributed by atoms with Crippen LogP contribution in [-0.4, -0.2) is 118 Å². The van der Waals surface area contributed by atoms with E-state index in [-0.39, 0.29) is 25.7 Å². The van der Waals surface area contributed by atoms with Gasteiger partial charge in [0.15, 0.2) is 5.11 Å². The van der Waals surface area contributed by atoms with Crippen LogP contribution in [0.5, 0.6) is 0 Å². The Labute approximate surface area is 209 Å². The zero-order valence-corrected chi connectivity index (χ0v) is 20.2. The van der Waals surface area contributed by atoms with Crippen LogP contribution in [0.4, 0.5) is 5.69 Å². The Morgan fingerprint density at radius 1 is 0.943 bits per heavy atom. The van der Waals surface area contributed by atoms with Crippen LogP contribution in [0.15, 0.2) is 24.3 Å². The van der Waals surface area contributed by atoms with Crippen molar-refractivity contribution in [2.45, 2.75) is 12.5 Å². The molecule has 0 bridgehead atoms. The third-order valence-electron chi connectivity index (χ3n) is 5.51.